The van der Waals surface area contributed by atoms with Crippen LogP contribution in [0.3, 0.4) is 0 Å². The second-order valence-electron chi connectivity index (χ2n) is 8.88. The molecule has 5 rings (SSSR count). The first-order valence-corrected chi connectivity index (χ1v) is 11.8. The van der Waals surface area contributed by atoms with Crippen LogP contribution in [0.2, 0.25) is 0 Å². The summed E-state index contributed by atoms with van der Waals surface area (Å²) in [5, 5.41) is 11.3. The highest BCUT2D eigenvalue weighted by molar-refractivity contribution is 6.46. The molecule has 1 fully saturated rings. The highest BCUT2D eigenvalue weighted by Gasteiger charge is 2.46. The maximum Gasteiger partial charge on any atom is 0.296 e. The van der Waals surface area contributed by atoms with Crippen molar-refractivity contribution in [1.29, 1.82) is 0 Å². The fraction of sp³-hybridized carbons (Fsp3) is 0.286. The Balaban J connectivity index is 1.58. The number of rotatable bonds is 7. The molecule has 1 saturated heterocycles. The van der Waals surface area contributed by atoms with Crippen molar-refractivity contribution < 1.29 is 28.6 Å². The number of fused-ring (bicyclic) bond motifs is 1. The van der Waals surface area contributed by atoms with E-state index >= 15 is 0 Å². The lowest BCUT2D eigenvalue weighted by molar-refractivity contribution is -0.140. The van der Waals surface area contributed by atoms with Gasteiger partial charge in [0.05, 0.1) is 31.0 Å². The average molecular weight is 474 g/mol. The van der Waals surface area contributed by atoms with Gasteiger partial charge in [0.1, 0.15) is 29.1 Å². The molecule has 0 bridgehead atoms. The largest absolute Gasteiger partial charge is 0.507 e. The lowest BCUT2D eigenvalue weighted by Gasteiger charge is -2.24. The lowest BCUT2D eigenvalue weighted by Crippen LogP contribution is -2.29. The summed E-state index contributed by atoms with van der Waals surface area (Å²) >= 11 is 0. The SMILES string of the molecule is CCCOc1ccc([C@H]2C(=C(O)c3ccc4c(c3)C[C@H](C)O4)C(=O)C(=O)N2Cc2ccco2)cc1. The van der Waals surface area contributed by atoms with Crippen LogP contribution in [0, 0.1) is 0 Å². The zero-order chi connectivity index (χ0) is 24.5. The number of Topliss-reactive ketones (excluding diaryl/α,β-unsaturated/α-hetero) is 1. The van der Waals surface area contributed by atoms with Gasteiger partial charge in [-0.15, -0.1) is 0 Å². The van der Waals surface area contributed by atoms with E-state index in [2.05, 4.69) is 0 Å². The Morgan fingerprint density at radius 2 is 1.94 bits per heavy atom. The smallest absolute Gasteiger partial charge is 0.296 e. The van der Waals surface area contributed by atoms with Crippen molar-refractivity contribution in [2.75, 3.05) is 6.61 Å². The van der Waals surface area contributed by atoms with Crippen molar-refractivity contribution in [2.24, 2.45) is 0 Å². The summed E-state index contributed by atoms with van der Waals surface area (Å²) in [5.74, 6) is 0.401. The van der Waals surface area contributed by atoms with Gasteiger partial charge >= 0.3 is 0 Å². The molecule has 0 unspecified atom stereocenters. The van der Waals surface area contributed by atoms with Crippen LogP contribution in [-0.4, -0.2) is 34.4 Å². The van der Waals surface area contributed by atoms with Crippen LogP contribution in [0.5, 0.6) is 11.5 Å². The number of aliphatic hydroxyl groups is 1. The number of amides is 1. The van der Waals surface area contributed by atoms with E-state index in [1.54, 1.807) is 24.3 Å². The molecule has 0 spiro atoms. The van der Waals surface area contributed by atoms with Gasteiger partial charge in [-0.05, 0) is 66.9 Å². The zero-order valence-corrected chi connectivity index (χ0v) is 19.7. The van der Waals surface area contributed by atoms with Crippen molar-refractivity contribution in [3.05, 3.63) is 88.9 Å². The standard InChI is InChI=1S/C28H27NO6/c1-3-12-33-21-9-6-18(7-10-21)25-24(27(31)28(32)29(25)16-22-5-4-13-34-22)26(30)19-8-11-23-20(15-19)14-17(2)35-23/h4-11,13,15,17,25,30H,3,12,14,16H2,1-2H3/t17-,25-/m0/s1. The number of carbonyl (C=O) groups is 2. The van der Waals surface area contributed by atoms with Crippen LogP contribution in [0.15, 0.2) is 70.9 Å². The maximum atomic E-state index is 13.2. The van der Waals surface area contributed by atoms with Crippen molar-refractivity contribution in [1.82, 2.24) is 4.90 Å². The molecule has 180 valence electrons. The van der Waals surface area contributed by atoms with Gasteiger partial charge in [-0.25, -0.2) is 0 Å². The molecule has 7 nitrogen and oxygen atoms in total. The molecule has 0 saturated carbocycles. The second kappa shape index (κ2) is 9.33. The number of likely N-dealkylation sites (tertiary alicyclic amines) is 1. The van der Waals surface area contributed by atoms with E-state index in [0.29, 0.717) is 35.7 Å². The Morgan fingerprint density at radius 1 is 1.14 bits per heavy atom. The van der Waals surface area contributed by atoms with Crippen LogP contribution in [-0.2, 0) is 22.6 Å². The van der Waals surface area contributed by atoms with Crippen LogP contribution in [0.4, 0.5) is 0 Å². The third-order valence-electron chi connectivity index (χ3n) is 6.28. The molecule has 3 aromatic rings. The lowest BCUT2D eigenvalue weighted by atomic mass is 9.94. The summed E-state index contributed by atoms with van der Waals surface area (Å²) in [6.45, 7) is 4.70. The number of benzene rings is 2. The number of hydrogen-bond donors (Lipinski definition) is 1. The summed E-state index contributed by atoms with van der Waals surface area (Å²) < 4.78 is 16.9. The number of furan rings is 1. The Labute approximate surface area is 203 Å². The van der Waals surface area contributed by atoms with Crippen LogP contribution < -0.4 is 9.47 Å². The van der Waals surface area contributed by atoms with Gasteiger partial charge in [0, 0.05) is 12.0 Å². The van der Waals surface area contributed by atoms with Gasteiger partial charge in [0.15, 0.2) is 0 Å². The topological polar surface area (TPSA) is 89.2 Å². The molecule has 2 aromatic carbocycles. The molecule has 0 aliphatic carbocycles. The minimum Gasteiger partial charge on any atom is -0.507 e. The molecule has 2 atom stereocenters. The van der Waals surface area contributed by atoms with Crippen molar-refractivity contribution in [3.8, 4) is 11.5 Å². The fourth-order valence-corrected chi connectivity index (χ4v) is 4.65. The van der Waals surface area contributed by atoms with Crippen LogP contribution in [0.25, 0.3) is 5.76 Å². The summed E-state index contributed by atoms with van der Waals surface area (Å²) in [7, 11) is 0. The number of aliphatic hydroxyl groups excluding tert-OH is 1. The second-order valence-corrected chi connectivity index (χ2v) is 8.88. The normalized spacial score (nSPS) is 20.7. The minimum absolute atomic E-state index is 0.0507. The number of carbonyl (C=O) groups excluding carboxylic acids is 2. The van der Waals surface area contributed by atoms with Gasteiger partial charge in [-0.1, -0.05) is 19.1 Å². The molecular weight excluding hydrogens is 446 g/mol. The summed E-state index contributed by atoms with van der Waals surface area (Å²) in [5.41, 5.74) is 2.18. The van der Waals surface area contributed by atoms with E-state index in [1.165, 1.54) is 11.2 Å². The fourth-order valence-electron chi connectivity index (χ4n) is 4.65. The van der Waals surface area contributed by atoms with Crippen molar-refractivity contribution >= 4 is 17.4 Å². The highest BCUT2D eigenvalue weighted by atomic mass is 16.5. The number of ketones is 1. The van der Waals surface area contributed by atoms with Crippen LogP contribution >= 0.6 is 0 Å². The predicted molar refractivity (Wildman–Crippen MR) is 129 cm³/mol. The first kappa shape index (κ1) is 22.8. The van der Waals surface area contributed by atoms with Gasteiger partial charge in [0.25, 0.3) is 11.7 Å². The number of ether oxygens (including phenoxy) is 2. The molecule has 7 heteroatoms. The number of hydrogen-bond acceptors (Lipinski definition) is 6. The Bertz CT molecular complexity index is 1280. The molecule has 2 aliphatic rings. The first-order chi connectivity index (χ1) is 17.0. The molecule has 1 aromatic heterocycles. The molecule has 1 amide bonds. The summed E-state index contributed by atoms with van der Waals surface area (Å²) in [6, 6.07) is 15.3. The van der Waals surface area contributed by atoms with E-state index in [1.807, 2.05) is 44.2 Å². The number of nitrogens with zero attached hydrogens (tertiary/aromatic N) is 1. The van der Waals surface area contributed by atoms with E-state index in [0.717, 1.165) is 17.7 Å². The summed E-state index contributed by atoms with van der Waals surface area (Å²) in [6.07, 6.45) is 3.17. The van der Waals surface area contributed by atoms with E-state index in [4.69, 9.17) is 13.9 Å². The maximum absolute atomic E-state index is 13.2. The molecule has 35 heavy (non-hydrogen) atoms. The van der Waals surface area contributed by atoms with Crippen molar-refractivity contribution in [2.45, 2.75) is 45.4 Å². The Kier molecular flexibility index (Phi) is 6.07. The van der Waals surface area contributed by atoms with Crippen molar-refractivity contribution in [3.63, 3.8) is 0 Å². The van der Waals surface area contributed by atoms with E-state index in [9.17, 15) is 14.7 Å². The van der Waals surface area contributed by atoms with E-state index in [-0.39, 0.29) is 24.0 Å². The van der Waals surface area contributed by atoms with Crippen LogP contribution in [0.1, 0.15) is 48.8 Å². The van der Waals surface area contributed by atoms with Gasteiger partial charge in [-0.3, -0.25) is 9.59 Å². The van der Waals surface area contributed by atoms with Gasteiger partial charge < -0.3 is 23.9 Å². The third kappa shape index (κ3) is 4.30. The quantitative estimate of drug-likeness (QED) is 0.295. The van der Waals surface area contributed by atoms with Gasteiger partial charge in [0.2, 0.25) is 0 Å². The predicted octanol–water partition coefficient (Wildman–Crippen LogP) is 5.01. The molecular formula is C28H27NO6. The molecule has 1 N–H and O–H groups in total. The first-order valence-electron chi connectivity index (χ1n) is 11.8. The Hall–Kier alpha value is -4.00. The molecule has 3 heterocycles. The Morgan fingerprint density at radius 3 is 2.66 bits per heavy atom. The average Bonchev–Trinajstić information content (AvgIpc) is 3.57. The van der Waals surface area contributed by atoms with E-state index < -0.39 is 17.7 Å². The molecule has 2 aliphatic heterocycles. The van der Waals surface area contributed by atoms with Gasteiger partial charge in [-0.2, -0.15) is 0 Å². The third-order valence-corrected chi connectivity index (χ3v) is 6.28. The molecule has 0 radical (unpaired) electrons. The zero-order valence-electron chi connectivity index (χ0n) is 19.7. The summed E-state index contributed by atoms with van der Waals surface area (Å²) in [4.78, 5) is 27.8. The monoisotopic (exact) mass is 473 g/mol. The minimum atomic E-state index is -0.774. The highest BCUT2D eigenvalue weighted by Crippen LogP contribution is 2.41.